The quantitative estimate of drug-likeness (QED) is 0.446. The molecule has 1 saturated heterocycles. The fraction of sp³-hybridized carbons (Fsp3) is 0.407. The Bertz CT molecular complexity index is 1520. The van der Waals surface area contributed by atoms with Crippen molar-refractivity contribution >= 4 is 15.9 Å². The van der Waals surface area contributed by atoms with Crippen molar-refractivity contribution in [2.75, 3.05) is 32.1 Å². The third-order valence-electron chi connectivity index (χ3n) is 6.65. The molecule has 0 unspecified atom stereocenters. The fourth-order valence-corrected chi connectivity index (χ4v) is 6.14. The number of ether oxygens (including phenoxy) is 2. The minimum absolute atomic E-state index is 0.0725. The highest BCUT2D eigenvalue weighted by Gasteiger charge is 2.31. The molecular formula is C27H29N5O6S. The van der Waals surface area contributed by atoms with Gasteiger partial charge >= 0.3 is 0 Å². The topological polar surface area (TPSA) is 148 Å². The molecule has 3 aromatic rings. The molecule has 39 heavy (non-hydrogen) atoms. The molecule has 0 spiro atoms. The van der Waals surface area contributed by atoms with E-state index in [4.69, 9.17) is 14.0 Å². The molecule has 1 aliphatic heterocycles. The van der Waals surface area contributed by atoms with E-state index in [1.165, 1.54) is 4.90 Å². The van der Waals surface area contributed by atoms with E-state index in [-0.39, 0.29) is 12.0 Å². The summed E-state index contributed by atoms with van der Waals surface area (Å²) < 4.78 is 44.8. The molecule has 2 heterocycles. The second kappa shape index (κ2) is 11.1. The van der Waals surface area contributed by atoms with Crippen LogP contribution < -0.4 is 9.46 Å². The highest BCUT2D eigenvalue weighted by molar-refractivity contribution is 7.90. The second-order valence-corrected chi connectivity index (χ2v) is 11.5. The van der Waals surface area contributed by atoms with Gasteiger partial charge in [0.25, 0.3) is 5.89 Å². The van der Waals surface area contributed by atoms with Gasteiger partial charge in [-0.25, -0.2) is 13.1 Å². The molecular weight excluding hydrogens is 522 g/mol. The van der Waals surface area contributed by atoms with Crippen LogP contribution in [0.1, 0.15) is 43.0 Å². The number of carbonyl (C=O) groups excluding carboxylic acids is 1. The van der Waals surface area contributed by atoms with E-state index in [0.717, 1.165) is 16.7 Å². The average Bonchev–Trinajstić information content (AvgIpc) is 3.56. The molecule has 1 atom stereocenters. The Morgan fingerprint density at radius 2 is 2.05 bits per heavy atom. The van der Waals surface area contributed by atoms with E-state index in [0.29, 0.717) is 61.8 Å². The van der Waals surface area contributed by atoms with Crippen LogP contribution in [0.15, 0.2) is 40.9 Å². The Hall–Kier alpha value is -3.79. The van der Waals surface area contributed by atoms with Crippen LogP contribution in [0.4, 0.5) is 0 Å². The number of sulfonamides is 1. The van der Waals surface area contributed by atoms with Crippen LogP contribution in [-0.4, -0.2) is 67.5 Å². The maximum Gasteiger partial charge on any atom is 0.258 e. The Kier molecular flexibility index (Phi) is 7.65. The summed E-state index contributed by atoms with van der Waals surface area (Å²) in [5.41, 5.74) is 3.45. The van der Waals surface area contributed by atoms with Crippen LogP contribution in [0.25, 0.3) is 22.8 Å². The minimum Gasteiger partial charge on any atom is -0.490 e. The summed E-state index contributed by atoms with van der Waals surface area (Å²) in [5, 5.41) is 13.7. The molecule has 1 fully saturated rings. The Balaban J connectivity index is 1.33. The van der Waals surface area contributed by atoms with Gasteiger partial charge in [0, 0.05) is 30.3 Å². The Morgan fingerprint density at radius 3 is 2.79 bits per heavy atom. The molecule has 0 bridgehead atoms. The van der Waals surface area contributed by atoms with Gasteiger partial charge in [-0.2, -0.15) is 10.2 Å². The summed E-state index contributed by atoms with van der Waals surface area (Å²) in [4.78, 5) is 18.6. The lowest BCUT2D eigenvalue weighted by Crippen LogP contribution is -2.45. The normalized spacial score (nSPS) is 17.2. The number of aromatic nitrogens is 2. The minimum atomic E-state index is -3.85. The summed E-state index contributed by atoms with van der Waals surface area (Å²) in [7, 11) is -3.85. The van der Waals surface area contributed by atoms with E-state index in [1.54, 1.807) is 18.2 Å². The number of benzene rings is 2. The Morgan fingerprint density at radius 1 is 1.26 bits per heavy atom. The maximum absolute atomic E-state index is 12.8. The molecule has 5 rings (SSSR count). The van der Waals surface area contributed by atoms with Crippen LogP contribution in [0.3, 0.4) is 0 Å². The first-order chi connectivity index (χ1) is 18.7. The fourth-order valence-electron chi connectivity index (χ4n) is 4.87. The van der Waals surface area contributed by atoms with Gasteiger partial charge in [0.15, 0.2) is 0 Å². The number of nitrogens with zero attached hydrogens (tertiary/aromatic N) is 4. The summed E-state index contributed by atoms with van der Waals surface area (Å²) in [6.07, 6.45) is 1.08. The molecule has 1 N–H and O–H groups in total. The number of nitrogens with one attached hydrogen (secondary N) is 1. The predicted octanol–water partition coefficient (Wildman–Crippen LogP) is 2.83. The number of rotatable bonds is 8. The van der Waals surface area contributed by atoms with Gasteiger partial charge in [-0.15, -0.1) is 0 Å². The standard InChI is InChI=1S/C27H29N5O6S/c1-17(2)37-24-9-6-18(14-19(24)15-28)27-29-26(30-38-27)22-5-3-4-21-20(22)7-8-23(21)31-39(34,35)16-25(33)32-10-12-36-13-11-32/h3-6,9,14,17,23,31H,7-8,10-13,16H2,1-2H3/t23-/m1/s1. The van der Waals surface area contributed by atoms with Crippen molar-refractivity contribution in [3.05, 3.63) is 53.1 Å². The molecule has 1 amide bonds. The number of hydrogen-bond donors (Lipinski definition) is 1. The van der Waals surface area contributed by atoms with Crippen molar-refractivity contribution in [2.45, 2.75) is 38.8 Å². The van der Waals surface area contributed by atoms with Crippen LogP contribution in [0.5, 0.6) is 5.75 Å². The van der Waals surface area contributed by atoms with Crippen LogP contribution in [0, 0.1) is 11.3 Å². The predicted molar refractivity (Wildman–Crippen MR) is 141 cm³/mol. The van der Waals surface area contributed by atoms with Crippen molar-refractivity contribution in [1.29, 1.82) is 5.26 Å². The van der Waals surface area contributed by atoms with E-state index < -0.39 is 27.7 Å². The number of amides is 1. The van der Waals surface area contributed by atoms with Crippen molar-refractivity contribution in [3.8, 4) is 34.7 Å². The van der Waals surface area contributed by atoms with Gasteiger partial charge in [0.2, 0.25) is 21.8 Å². The van der Waals surface area contributed by atoms with E-state index in [2.05, 4.69) is 20.9 Å². The molecule has 11 nitrogen and oxygen atoms in total. The van der Waals surface area contributed by atoms with E-state index in [9.17, 15) is 18.5 Å². The second-order valence-electron chi connectivity index (χ2n) is 9.75. The largest absolute Gasteiger partial charge is 0.490 e. The van der Waals surface area contributed by atoms with Crippen molar-refractivity contribution in [3.63, 3.8) is 0 Å². The lowest BCUT2D eigenvalue weighted by Gasteiger charge is -2.27. The summed E-state index contributed by atoms with van der Waals surface area (Å²) in [6, 6.07) is 12.4. The summed E-state index contributed by atoms with van der Waals surface area (Å²) >= 11 is 0. The first-order valence-corrected chi connectivity index (χ1v) is 14.4. The zero-order chi connectivity index (χ0) is 27.6. The summed E-state index contributed by atoms with van der Waals surface area (Å²) in [6.45, 7) is 5.38. The van der Waals surface area contributed by atoms with Gasteiger partial charge in [0.05, 0.1) is 24.9 Å². The number of carbonyl (C=O) groups is 1. The molecule has 1 aromatic heterocycles. The molecule has 204 valence electrons. The highest BCUT2D eigenvalue weighted by Crippen LogP contribution is 2.38. The molecule has 2 aliphatic rings. The van der Waals surface area contributed by atoms with Crippen LogP contribution in [0.2, 0.25) is 0 Å². The van der Waals surface area contributed by atoms with Crippen molar-refractivity contribution in [1.82, 2.24) is 19.8 Å². The molecule has 0 saturated carbocycles. The van der Waals surface area contributed by atoms with Gasteiger partial charge in [-0.05, 0) is 56.0 Å². The summed E-state index contributed by atoms with van der Waals surface area (Å²) in [5.74, 6) is 0.0803. The zero-order valence-electron chi connectivity index (χ0n) is 21.7. The first kappa shape index (κ1) is 26.8. The van der Waals surface area contributed by atoms with Gasteiger partial charge in [0.1, 0.15) is 17.6 Å². The first-order valence-electron chi connectivity index (χ1n) is 12.8. The zero-order valence-corrected chi connectivity index (χ0v) is 22.5. The number of hydrogen-bond acceptors (Lipinski definition) is 9. The molecule has 2 aromatic carbocycles. The lowest BCUT2D eigenvalue weighted by atomic mass is 10.0. The molecule has 1 aliphatic carbocycles. The number of morpholine rings is 1. The van der Waals surface area contributed by atoms with Gasteiger partial charge in [-0.3, -0.25) is 4.79 Å². The van der Waals surface area contributed by atoms with E-state index >= 15 is 0 Å². The van der Waals surface area contributed by atoms with Crippen molar-refractivity contribution < 1.29 is 27.2 Å². The smallest absolute Gasteiger partial charge is 0.258 e. The molecule has 0 radical (unpaired) electrons. The average molecular weight is 552 g/mol. The molecule has 12 heteroatoms. The van der Waals surface area contributed by atoms with Gasteiger partial charge < -0.3 is 18.9 Å². The lowest BCUT2D eigenvalue weighted by molar-refractivity contribution is -0.132. The van der Waals surface area contributed by atoms with Crippen molar-refractivity contribution in [2.24, 2.45) is 0 Å². The third-order valence-corrected chi connectivity index (χ3v) is 7.92. The third kappa shape index (κ3) is 5.95. The monoisotopic (exact) mass is 551 g/mol. The van der Waals surface area contributed by atoms with E-state index in [1.807, 2.05) is 32.0 Å². The van der Waals surface area contributed by atoms with Gasteiger partial charge in [-0.1, -0.05) is 23.4 Å². The number of nitriles is 1. The maximum atomic E-state index is 12.8. The number of fused-ring (bicyclic) bond motifs is 1. The Labute approximate surface area is 226 Å². The highest BCUT2D eigenvalue weighted by atomic mass is 32.2. The SMILES string of the molecule is CC(C)Oc1ccc(-c2nc(-c3cccc4c3CC[C@H]4NS(=O)(=O)CC(=O)N3CCOCC3)no2)cc1C#N. The van der Waals surface area contributed by atoms with Crippen LogP contribution in [-0.2, 0) is 26.0 Å². The van der Waals surface area contributed by atoms with Crippen LogP contribution >= 0.6 is 0 Å².